The number of para-hydroxylation sites is 1. The first kappa shape index (κ1) is 7.66. The van der Waals surface area contributed by atoms with Crippen LogP contribution in [-0.4, -0.2) is 16.6 Å². The van der Waals surface area contributed by atoms with Crippen molar-refractivity contribution < 1.29 is 3.79 Å². The highest BCUT2D eigenvalue weighted by Gasteiger charge is 1.97. The highest BCUT2D eigenvalue weighted by Crippen LogP contribution is 2.20. The molecule has 0 saturated heterocycles. The highest BCUT2D eigenvalue weighted by molar-refractivity contribution is 6.00. The summed E-state index contributed by atoms with van der Waals surface area (Å²) in [7, 11) is 0. The standard InChI is InChI=1S/C8H10O.Al/c1-6-4-3-5-7(2)8(6)9;/h3-5,9H,1-2H3;/q;+1/p-1. The molecule has 2 heteroatoms. The first-order valence-electron chi connectivity index (χ1n) is 3.18. The van der Waals surface area contributed by atoms with E-state index in [1.54, 1.807) is 0 Å². The maximum Gasteiger partial charge on any atom is 0.482 e. The summed E-state index contributed by atoms with van der Waals surface area (Å²) >= 11 is 2.26. The molecular weight excluding hydrogens is 139 g/mol. The second-order valence-electron chi connectivity index (χ2n) is 2.34. The number of aryl methyl sites for hydroxylation is 2. The van der Waals surface area contributed by atoms with Crippen molar-refractivity contribution in [3.63, 3.8) is 0 Å². The largest absolute Gasteiger partial charge is 0.653 e. The van der Waals surface area contributed by atoms with Gasteiger partial charge in [-0.25, -0.2) is 0 Å². The van der Waals surface area contributed by atoms with Gasteiger partial charge in [-0.3, -0.25) is 0 Å². The fourth-order valence-corrected chi connectivity index (χ4v) is 1.36. The number of hydrogen-bond donors (Lipinski definition) is 0. The molecule has 1 aromatic rings. The van der Waals surface area contributed by atoms with Crippen LogP contribution in [0.5, 0.6) is 5.75 Å². The third-order valence-electron chi connectivity index (χ3n) is 1.53. The van der Waals surface area contributed by atoms with Crippen molar-refractivity contribution in [2.75, 3.05) is 0 Å². The van der Waals surface area contributed by atoms with Crippen molar-refractivity contribution in [2.24, 2.45) is 0 Å². The van der Waals surface area contributed by atoms with E-state index in [2.05, 4.69) is 16.6 Å². The topological polar surface area (TPSA) is 9.23 Å². The molecule has 1 nitrogen and oxygen atoms in total. The molecule has 0 aliphatic heterocycles. The van der Waals surface area contributed by atoms with E-state index in [4.69, 9.17) is 3.79 Å². The normalized spacial score (nSPS) is 9.40. The zero-order chi connectivity index (χ0) is 7.56. The average molecular weight is 148 g/mol. The van der Waals surface area contributed by atoms with E-state index in [0.717, 1.165) is 5.75 Å². The molecule has 0 N–H and O–H groups in total. The summed E-state index contributed by atoms with van der Waals surface area (Å²) in [6, 6.07) is 6.09. The van der Waals surface area contributed by atoms with Gasteiger partial charge >= 0.3 is 16.6 Å². The van der Waals surface area contributed by atoms with Crippen LogP contribution in [0.25, 0.3) is 0 Å². The van der Waals surface area contributed by atoms with E-state index < -0.39 is 0 Å². The van der Waals surface area contributed by atoms with Gasteiger partial charge in [0.15, 0.2) is 0 Å². The van der Waals surface area contributed by atoms with E-state index in [1.807, 2.05) is 32.0 Å². The van der Waals surface area contributed by atoms with Crippen LogP contribution < -0.4 is 3.79 Å². The Kier molecular flexibility index (Phi) is 2.37. The predicted octanol–water partition coefficient (Wildman–Crippen LogP) is 1.77. The lowest BCUT2D eigenvalue weighted by atomic mass is 10.1. The Hall–Kier alpha value is -0.448. The van der Waals surface area contributed by atoms with E-state index >= 15 is 0 Å². The third kappa shape index (κ3) is 1.34. The zero-order valence-electron chi connectivity index (χ0n) is 6.22. The molecule has 0 aliphatic rings. The zero-order valence-corrected chi connectivity index (χ0v) is 7.37. The lowest BCUT2D eigenvalue weighted by molar-refractivity contribution is 0.604. The quantitative estimate of drug-likeness (QED) is 0.551. The van der Waals surface area contributed by atoms with Crippen molar-refractivity contribution in [3.8, 4) is 5.75 Å². The SMILES string of the molecule is Cc1cccc(C)c1[O][Al]. The molecule has 0 bridgehead atoms. The Bertz CT molecular complexity index is 212. The molecule has 1 aromatic carbocycles. The minimum absolute atomic E-state index is 0.965. The van der Waals surface area contributed by atoms with Crippen molar-refractivity contribution in [1.82, 2.24) is 0 Å². The smallest absolute Gasteiger partial charge is 0.482 e. The molecule has 0 aliphatic carbocycles. The van der Waals surface area contributed by atoms with Gasteiger partial charge in [-0.2, -0.15) is 0 Å². The highest BCUT2D eigenvalue weighted by atomic mass is 27.1. The third-order valence-corrected chi connectivity index (χ3v) is 1.76. The molecule has 0 heterocycles. The van der Waals surface area contributed by atoms with Crippen LogP contribution in [0.1, 0.15) is 11.1 Å². The molecule has 1 rings (SSSR count). The summed E-state index contributed by atoms with van der Waals surface area (Å²) in [6.07, 6.45) is 0. The fraction of sp³-hybridized carbons (Fsp3) is 0.250. The molecular formula is C8H9AlO. The molecule has 0 aromatic heterocycles. The Balaban J connectivity index is 3.17. The maximum absolute atomic E-state index is 5.09. The average Bonchev–Trinajstić information content (AvgIpc) is 1.88. The first-order valence-corrected chi connectivity index (χ1v) is 3.66. The van der Waals surface area contributed by atoms with Gasteiger partial charge in [0, 0.05) is 0 Å². The van der Waals surface area contributed by atoms with Gasteiger partial charge in [0.2, 0.25) is 0 Å². The van der Waals surface area contributed by atoms with Gasteiger partial charge in [-0.1, -0.05) is 18.2 Å². The summed E-state index contributed by atoms with van der Waals surface area (Å²) in [4.78, 5) is 0. The van der Waals surface area contributed by atoms with E-state index in [9.17, 15) is 0 Å². The van der Waals surface area contributed by atoms with Crippen LogP contribution in [0.2, 0.25) is 0 Å². The first-order chi connectivity index (χ1) is 4.75. The molecule has 0 atom stereocenters. The molecule has 0 unspecified atom stereocenters. The number of benzene rings is 1. The minimum atomic E-state index is 0.965. The van der Waals surface area contributed by atoms with E-state index in [-0.39, 0.29) is 0 Å². The van der Waals surface area contributed by atoms with Gasteiger partial charge in [-0.05, 0) is 25.0 Å². The van der Waals surface area contributed by atoms with Gasteiger partial charge in [-0.15, -0.1) is 0 Å². The molecule has 2 radical (unpaired) electrons. The molecule has 10 heavy (non-hydrogen) atoms. The molecule has 50 valence electrons. The van der Waals surface area contributed by atoms with Crippen LogP contribution in [0.3, 0.4) is 0 Å². The Morgan fingerprint density at radius 1 is 1.20 bits per heavy atom. The summed E-state index contributed by atoms with van der Waals surface area (Å²) in [5.74, 6) is 0.965. The Morgan fingerprint density at radius 2 is 1.70 bits per heavy atom. The van der Waals surface area contributed by atoms with E-state index in [0.29, 0.717) is 0 Å². The van der Waals surface area contributed by atoms with Gasteiger partial charge in [0.25, 0.3) is 0 Å². The maximum atomic E-state index is 5.09. The van der Waals surface area contributed by atoms with Crippen LogP contribution >= 0.6 is 0 Å². The van der Waals surface area contributed by atoms with Gasteiger partial charge < -0.3 is 3.79 Å². The second-order valence-corrected chi connectivity index (χ2v) is 2.57. The van der Waals surface area contributed by atoms with Crippen molar-refractivity contribution in [1.29, 1.82) is 0 Å². The van der Waals surface area contributed by atoms with Crippen molar-refractivity contribution >= 4 is 16.6 Å². The fourth-order valence-electron chi connectivity index (χ4n) is 0.985. The number of hydrogen-bond acceptors (Lipinski definition) is 1. The Morgan fingerprint density at radius 3 is 2.00 bits per heavy atom. The summed E-state index contributed by atoms with van der Waals surface area (Å²) in [5.41, 5.74) is 2.35. The molecule has 0 fully saturated rings. The van der Waals surface area contributed by atoms with Crippen LogP contribution in [0, 0.1) is 13.8 Å². The lowest BCUT2D eigenvalue weighted by Crippen LogP contribution is -1.91. The monoisotopic (exact) mass is 148 g/mol. The number of rotatable bonds is 1. The van der Waals surface area contributed by atoms with Crippen LogP contribution in [0.4, 0.5) is 0 Å². The summed E-state index contributed by atoms with van der Waals surface area (Å²) in [6.45, 7) is 4.07. The molecule has 0 saturated carbocycles. The molecule has 0 amide bonds. The van der Waals surface area contributed by atoms with Crippen LogP contribution in [-0.2, 0) is 0 Å². The summed E-state index contributed by atoms with van der Waals surface area (Å²) in [5, 5.41) is 0. The second kappa shape index (κ2) is 3.10. The van der Waals surface area contributed by atoms with Crippen molar-refractivity contribution in [2.45, 2.75) is 13.8 Å². The van der Waals surface area contributed by atoms with Gasteiger partial charge in [0.1, 0.15) is 0 Å². The summed E-state index contributed by atoms with van der Waals surface area (Å²) < 4.78 is 5.09. The molecule has 0 spiro atoms. The minimum Gasteiger partial charge on any atom is -0.653 e. The Labute approximate surface area is 69.8 Å². The van der Waals surface area contributed by atoms with Crippen molar-refractivity contribution in [3.05, 3.63) is 29.3 Å². The van der Waals surface area contributed by atoms with E-state index in [1.165, 1.54) is 11.1 Å². The van der Waals surface area contributed by atoms with Crippen LogP contribution in [0.15, 0.2) is 18.2 Å². The lowest BCUT2D eigenvalue weighted by Gasteiger charge is -2.08. The van der Waals surface area contributed by atoms with Gasteiger partial charge in [0.05, 0.1) is 5.75 Å². The predicted molar refractivity (Wildman–Crippen MR) is 42.3 cm³/mol.